The van der Waals surface area contributed by atoms with Crippen LogP contribution in [0.15, 0.2) is 30.4 Å². The second-order valence-electron chi connectivity index (χ2n) is 7.54. The number of aliphatic hydroxyl groups is 1. The van der Waals surface area contributed by atoms with E-state index in [1.807, 2.05) is 6.07 Å². The quantitative estimate of drug-likeness (QED) is 0.697. The van der Waals surface area contributed by atoms with Crippen molar-refractivity contribution in [2.24, 2.45) is 17.3 Å². The van der Waals surface area contributed by atoms with Gasteiger partial charge >= 0.3 is 0 Å². The van der Waals surface area contributed by atoms with Gasteiger partial charge in [-0.2, -0.15) is 0 Å². The number of phenolic OH excluding ortho intramolecular Hbond substituents is 1. The van der Waals surface area contributed by atoms with Gasteiger partial charge in [-0.1, -0.05) is 25.1 Å². The first-order valence-electron chi connectivity index (χ1n) is 8.20. The van der Waals surface area contributed by atoms with Crippen molar-refractivity contribution in [2.45, 2.75) is 51.0 Å². The summed E-state index contributed by atoms with van der Waals surface area (Å²) >= 11 is 0. The topological polar surface area (TPSA) is 40.5 Å². The first kappa shape index (κ1) is 13.4. The molecule has 0 radical (unpaired) electrons. The Kier molecular flexibility index (Phi) is 2.78. The summed E-state index contributed by atoms with van der Waals surface area (Å²) in [4.78, 5) is 0. The molecule has 2 N–H and O–H groups in total. The molecule has 0 bridgehead atoms. The molecule has 3 unspecified atom stereocenters. The Hall–Kier alpha value is -1.28. The van der Waals surface area contributed by atoms with Gasteiger partial charge in [-0.05, 0) is 78.5 Å². The van der Waals surface area contributed by atoms with Crippen molar-refractivity contribution in [2.75, 3.05) is 0 Å². The van der Waals surface area contributed by atoms with Crippen LogP contribution in [0.3, 0.4) is 0 Å². The molecule has 2 saturated carbocycles. The molecule has 0 aromatic heterocycles. The lowest BCUT2D eigenvalue weighted by atomic mass is 9.55. The Bertz CT molecular complexity index is 606. The summed E-state index contributed by atoms with van der Waals surface area (Å²) in [6.07, 6.45) is 5.20. The highest BCUT2D eigenvalue weighted by molar-refractivity contribution is 5.42. The summed E-state index contributed by atoms with van der Waals surface area (Å²) in [6.45, 7) is 6.72. The van der Waals surface area contributed by atoms with Crippen molar-refractivity contribution >= 4 is 0 Å². The second-order valence-corrected chi connectivity index (χ2v) is 7.54. The van der Waals surface area contributed by atoms with Crippen LogP contribution >= 0.6 is 0 Å². The van der Waals surface area contributed by atoms with Crippen molar-refractivity contribution < 1.29 is 10.2 Å². The molecule has 5 atom stereocenters. The van der Waals surface area contributed by atoms with E-state index in [0.29, 0.717) is 17.8 Å². The van der Waals surface area contributed by atoms with Gasteiger partial charge in [0.15, 0.2) is 0 Å². The third-order valence-electron chi connectivity index (χ3n) is 6.72. The number of benzene rings is 1. The lowest BCUT2D eigenvalue weighted by molar-refractivity contribution is 0.0306. The third kappa shape index (κ3) is 1.75. The molecule has 112 valence electrons. The zero-order chi connectivity index (χ0) is 14.8. The minimum absolute atomic E-state index is 0.265. The van der Waals surface area contributed by atoms with Gasteiger partial charge in [0.2, 0.25) is 0 Å². The van der Waals surface area contributed by atoms with E-state index in [2.05, 4.69) is 13.5 Å². The highest BCUT2D eigenvalue weighted by atomic mass is 16.3. The predicted octanol–water partition coefficient (Wildman–Crippen LogP) is 4.30. The number of hydrogen-bond acceptors (Lipinski definition) is 2. The van der Waals surface area contributed by atoms with E-state index < -0.39 is 6.10 Å². The molecule has 3 aliphatic rings. The zero-order valence-corrected chi connectivity index (χ0v) is 12.7. The molecule has 4 rings (SSSR count). The van der Waals surface area contributed by atoms with E-state index in [-0.39, 0.29) is 11.2 Å². The maximum Gasteiger partial charge on any atom is 0.115 e. The lowest BCUT2D eigenvalue weighted by Gasteiger charge is -2.50. The normalized spacial score (nSPS) is 41.3. The monoisotopic (exact) mass is 284 g/mol. The summed E-state index contributed by atoms with van der Waals surface area (Å²) in [6, 6.07) is 5.57. The van der Waals surface area contributed by atoms with Crippen LogP contribution in [0.1, 0.15) is 62.2 Å². The Morgan fingerprint density at radius 1 is 1.24 bits per heavy atom. The summed E-state index contributed by atoms with van der Waals surface area (Å²) in [5, 5.41) is 20.3. The maximum atomic E-state index is 10.6. The summed E-state index contributed by atoms with van der Waals surface area (Å²) in [7, 11) is 0. The molecule has 0 saturated heterocycles. The van der Waals surface area contributed by atoms with Gasteiger partial charge in [0.05, 0.1) is 6.10 Å². The summed E-state index contributed by atoms with van der Waals surface area (Å²) < 4.78 is 0. The fourth-order valence-corrected chi connectivity index (χ4v) is 5.48. The number of fused-ring (bicyclic) bond motifs is 5. The van der Waals surface area contributed by atoms with E-state index in [9.17, 15) is 10.2 Å². The van der Waals surface area contributed by atoms with E-state index in [1.54, 1.807) is 12.1 Å². The Morgan fingerprint density at radius 2 is 2.05 bits per heavy atom. The van der Waals surface area contributed by atoms with Gasteiger partial charge in [-0.15, -0.1) is 0 Å². The number of allylic oxidation sites excluding steroid dienone is 1. The number of aromatic hydroxyl groups is 1. The molecule has 2 heteroatoms. The standard InChI is InChI=1S/C19H24O2/c1-11-3-6-17-15-10-18(21)16-9-12(20)4-5-13(16)14(15)7-8-19(11,17)2/h4-5,9,14-15,17-18,20-21H,1,3,6-8,10H2,2H3/t14?,15?,17?,18-,19-/m1/s1. The van der Waals surface area contributed by atoms with Crippen molar-refractivity contribution in [3.8, 4) is 5.75 Å². The molecular weight excluding hydrogens is 260 g/mol. The van der Waals surface area contributed by atoms with Crippen molar-refractivity contribution in [3.63, 3.8) is 0 Å². The number of aliphatic hydroxyl groups excluding tert-OH is 1. The predicted molar refractivity (Wildman–Crippen MR) is 83.1 cm³/mol. The SMILES string of the molecule is C=C1CCC2C3C[C@@H](O)c4cc(O)ccc4C3CC[C@]12C. The molecule has 21 heavy (non-hydrogen) atoms. The van der Waals surface area contributed by atoms with Crippen LogP contribution in [0, 0.1) is 17.3 Å². The van der Waals surface area contributed by atoms with Gasteiger partial charge in [0.25, 0.3) is 0 Å². The molecule has 3 aliphatic carbocycles. The van der Waals surface area contributed by atoms with E-state index in [4.69, 9.17) is 0 Å². The van der Waals surface area contributed by atoms with Crippen LogP contribution < -0.4 is 0 Å². The smallest absolute Gasteiger partial charge is 0.115 e. The minimum atomic E-state index is -0.426. The molecule has 2 fully saturated rings. The van der Waals surface area contributed by atoms with Crippen molar-refractivity contribution in [3.05, 3.63) is 41.5 Å². The molecule has 0 spiro atoms. The van der Waals surface area contributed by atoms with Gasteiger partial charge in [0.1, 0.15) is 5.75 Å². The molecule has 0 aliphatic heterocycles. The van der Waals surface area contributed by atoms with Gasteiger partial charge in [-0.3, -0.25) is 0 Å². The van der Waals surface area contributed by atoms with Crippen LogP contribution in [0.4, 0.5) is 0 Å². The third-order valence-corrected chi connectivity index (χ3v) is 6.72. The highest BCUT2D eigenvalue weighted by Gasteiger charge is 2.52. The summed E-state index contributed by atoms with van der Waals surface area (Å²) in [5.74, 6) is 2.05. The Labute approximate surface area is 126 Å². The Balaban J connectivity index is 1.77. The first-order chi connectivity index (χ1) is 10.0. The zero-order valence-electron chi connectivity index (χ0n) is 12.7. The van der Waals surface area contributed by atoms with E-state index >= 15 is 0 Å². The van der Waals surface area contributed by atoms with Crippen LogP contribution in [-0.2, 0) is 0 Å². The fraction of sp³-hybridized carbons (Fsp3) is 0.579. The Morgan fingerprint density at radius 3 is 2.86 bits per heavy atom. The van der Waals surface area contributed by atoms with Crippen LogP contribution in [-0.4, -0.2) is 10.2 Å². The average Bonchev–Trinajstić information content (AvgIpc) is 2.76. The van der Waals surface area contributed by atoms with E-state index in [0.717, 1.165) is 18.4 Å². The van der Waals surface area contributed by atoms with Crippen molar-refractivity contribution in [1.82, 2.24) is 0 Å². The highest BCUT2D eigenvalue weighted by Crippen LogP contribution is 2.63. The first-order valence-corrected chi connectivity index (χ1v) is 8.20. The van der Waals surface area contributed by atoms with Gasteiger partial charge in [0, 0.05) is 0 Å². The molecule has 1 aromatic carbocycles. The van der Waals surface area contributed by atoms with Gasteiger partial charge < -0.3 is 10.2 Å². The van der Waals surface area contributed by atoms with E-state index in [1.165, 1.54) is 30.4 Å². The average molecular weight is 284 g/mol. The molecule has 0 heterocycles. The number of phenols is 1. The lowest BCUT2D eigenvalue weighted by Crippen LogP contribution is -2.41. The molecule has 2 nitrogen and oxygen atoms in total. The minimum Gasteiger partial charge on any atom is -0.508 e. The van der Waals surface area contributed by atoms with Crippen LogP contribution in [0.5, 0.6) is 5.75 Å². The molecule has 0 amide bonds. The largest absolute Gasteiger partial charge is 0.508 e. The summed E-state index contributed by atoms with van der Waals surface area (Å²) in [5.41, 5.74) is 3.94. The fourth-order valence-electron chi connectivity index (χ4n) is 5.48. The maximum absolute atomic E-state index is 10.6. The van der Waals surface area contributed by atoms with Crippen LogP contribution in [0.2, 0.25) is 0 Å². The number of rotatable bonds is 0. The second kappa shape index (κ2) is 4.36. The number of hydrogen-bond donors (Lipinski definition) is 2. The molecule has 1 aromatic rings. The van der Waals surface area contributed by atoms with Crippen LogP contribution in [0.25, 0.3) is 0 Å². The molecular formula is C19H24O2. The van der Waals surface area contributed by atoms with Gasteiger partial charge in [-0.25, -0.2) is 0 Å². The van der Waals surface area contributed by atoms with Crippen molar-refractivity contribution in [1.29, 1.82) is 0 Å².